The first-order chi connectivity index (χ1) is 69.9. The summed E-state index contributed by atoms with van der Waals surface area (Å²) in [7, 11) is 4.35. The van der Waals surface area contributed by atoms with Gasteiger partial charge in [0.15, 0.2) is 0 Å². The predicted molar refractivity (Wildman–Crippen MR) is 570 cm³/mol. The number of furan rings is 2. The molecule has 0 spiro atoms. The Morgan fingerprint density at radius 3 is 0.862 bits per heavy atom. The van der Waals surface area contributed by atoms with Crippen molar-refractivity contribution in [3.63, 3.8) is 0 Å². The zero-order valence-electron chi connectivity index (χ0n) is 88.2. The van der Waals surface area contributed by atoms with E-state index in [1.54, 1.807) is 19.5 Å². The SMILES string of the molecule is CC(C)(c1ccc(OCC(O)COc2ccc(C(C)(C)c3ccc(OCC4CO4)cc3)cc2)cc1)c1ccc(OCC2CO2)cc1.CC(O)COc1ccc(C(C)(C)c2ccc(OCC(O)COc3ccc(C(C)(C)c4ccc(OCCC(C)N(C)C5CCC(CC6CCC(N(C)C(O)COCc7ccco7)CC6)CC5)cc4)cc3)cc2)cc1.NC1CCC(CC2CCC(N)CC2)CC1.c1coc(COCC2CO2)c1. The van der Waals surface area contributed by atoms with Gasteiger partial charge in [0.2, 0.25) is 0 Å². The van der Waals surface area contributed by atoms with Crippen LogP contribution in [0.25, 0.3) is 0 Å². The highest BCUT2D eigenvalue weighted by Crippen LogP contribution is 2.43. The Morgan fingerprint density at radius 2 is 0.579 bits per heavy atom. The van der Waals surface area contributed by atoms with Gasteiger partial charge in [0.1, 0.15) is 154 Å². The molecule has 0 radical (unpaired) electrons. The van der Waals surface area contributed by atoms with Crippen molar-refractivity contribution in [1.29, 1.82) is 0 Å². The van der Waals surface area contributed by atoms with Crippen LogP contribution in [0.15, 0.2) is 240 Å². The number of epoxide rings is 3. The van der Waals surface area contributed by atoms with Crippen LogP contribution in [-0.2, 0) is 58.6 Å². The lowest BCUT2D eigenvalue weighted by molar-refractivity contribution is -0.0775. The van der Waals surface area contributed by atoms with Crippen LogP contribution >= 0.6 is 0 Å². The number of likely N-dealkylation sites (N-methyl/N-ethyl adjacent to an activating group) is 1. The van der Waals surface area contributed by atoms with E-state index in [9.17, 15) is 20.4 Å². The van der Waals surface area contributed by atoms with Gasteiger partial charge in [0.05, 0.1) is 58.3 Å². The summed E-state index contributed by atoms with van der Waals surface area (Å²) >= 11 is 0. The van der Waals surface area contributed by atoms with E-state index >= 15 is 0 Å². The van der Waals surface area contributed by atoms with Crippen molar-refractivity contribution in [3.8, 4) is 46.0 Å². The maximum Gasteiger partial charge on any atom is 0.131 e. The number of hydrogen-bond donors (Lipinski definition) is 6. The van der Waals surface area contributed by atoms with E-state index in [2.05, 4.69) is 188 Å². The molecule has 4 saturated carbocycles. The second kappa shape index (κ2) is 54.4. The van der Waals surface area contributed by atoms with Gasteiger partial charge in [-0.15, -0.1) is 0 Å². The zero-order valence-corrected chi connectivity index (χ0v) is 88.2. The third-order valence-electron chi connectivity index (χ3n) is 31.0. The Bertz CT molecular complexity index is 5130. The minimum atomic E-state index is -0.799. The summed E-state index contributed by atoms with van der Waals surface area (Å²) in [6, 6.07) is 75.2. The second-order valence-electron chi connectivity index (χ2n) is 43.8. The molecule has 4 aliphatic carbocycles. The van der Waals surface area contributed by atoms with Crippen LogP contribution in [0.1, 0.15) is 247 Å². The van der Waals surface area contributed by atoms with Gasteiger partial charge in [0, 0.05) is 51.9 Å². The highest BCUT2D eigenvalue weighted by atomic mass is 16.6. The number of nitrogens with zero attached hydrogens (tertiary/aromatic N) is 2. The average Bonchev–Trinajstić information content (AvgIpc) is 1.35. The van der Waals surface area contributed by atoms with E-state index in [-0.39, 0.29) is 66.9 Å². The molecule has 3 aliphatic heterocycles. The monoisotopic (exact) mass is 1990 g/mol. The quantitative estimate of drug-likeness (QED) is 0.0152. The van der Waals surface area contributed by atoms with Gasteiger partial charge >= 0.3 is 0 Å². The molecule has 7 unspecified atom stereocenters. The summed E-state index contributed by atoms with van der Waals surface area (Å²) in [4.78, 5) is 4.72. The van der Waals surface area contributed by atoms with E-state index in [0.717, 1.165) is 108 Å². The lowest BCUT2D eigenvalue weighted by Gasteiger charge is -2.40. The Balaban J connectivity index is 0.000000192. The topological polar surface area (TPSA) is 296 Å². The van der Waals surface area contributed by atoms with E-state index in [4.69, 9.17) is 81.9 Å². The fourth-order valence-corrected chi connectivity index (χ4v) is 20.3. The molecule has 7 atom stereocenters. The first kappa shape index (κ1) is 111. The molecule has 23 nitrogen and oxygen atoms in total. The van der Waals surface area contributed by atoms with Crippen molar-refractivity contribution < 1.29 is 90.8 Å². The summed E-state index contributed by atoms with van der Waals surface area (Å²) in [5, 5.41) is 41.5. The molecule has 23 heteroatoms. The molecule has 8 aromatic carbocycles. The van der Waals surface area contributed by atoms with Crippen molar-refractivity contribution >= 4 is 0 Å². The van der Waals surface area contributed by atoms with Gasteiger partial charge < -0.3 is 107 Å². The van der Waals surface area contributed by atoms with Crippen LogP contribution in [0.3, 0.4) is 0 Å². The summed E-state index contributed by atoms with van der Waals surface area (Å²) < 4.78 is 83.9. The zero-order chi connectivity index (χ0) is 102. The molecule has 7 aliphatic rings. The molecule has 17 rings (SSSR count). The molecule has 3 saturated heterocycles. The van der Waals surface area contributed by atoms with E-state index in [0.29, 0.717) is 106 Å². The lowest BCUT2D eigenvalue weighted by atomic mass is 9.75. The Hall–Kier alpha value is -9.80. The van der Waals surface area contributed by atoms with Crippen molar-refractivity contribution in [1.82, 2.24) is 9.80 Å². The third kappa shape index (κ3) is 35.2. The van der Waals surface area contributed by atoms with Crippen LogP contribution in [0.5, 0.6) is 46.0 Å². The smallest absolute Gasteiger partial charge is 0.131 e. The molecule has 0 amide bonds. The van der Waals surface area contributed by atoms with Crippen LogP contribution in [-0.4, -0.2) is 203 Å². The van der Waals surface area contributed by atoms with Crippen molar-refractivity contribution in [2.45, 2.75) is 299 Å². The molecule has 10 aromatic rings. The number of aliphatic hydroxyl groups excluding tert-OH is 4. The molecule has 2 aromatic heterocycles. The Labute approximate surface area is 862 Å². The first-order valence-electron chi connectivity index (χ1n) is 53.5. The lowest BCUT2D eigenvalue weighted by Crippen LogP contribution is -2.44. The fraction of sp³-hybridized carbons (Fsp3) is 0.541. The summed E-state index contributed by atoms with van der Waals surface area (Å²) in [6.07, 6.45) is 25.8. The highest BCUT2D eigenvalue weighted by molar-refractivity contribution is 5.47. The Morgan fingerprint density at radius 1 is 0.317 bits per heavy atom. The highest BCUT2D eigenvalue weighted by Gasteiger charge is 2.36. The molecule has 5 heterocycles. The molecular weight excluding hydrogens is 1830 g/mol. The maximum absolute atomic E-state index is 10.7. The van der Waals surface area contributed by atoms with E-state index in [1.165, 1.54) is 136 Å². The number of aliphatic hydroxyl groups is 4. The van der Waals surface area contributed by atoms with Gasteiger partial charge in [-0.2, -0.15) is 0 Å². The minimum Gasteiger partial charge on any atom is -0.494 e. The summed E-state index contributed by atoms with van der Waals surface area (Å²) in [5.41, 5.74) is 20.4. The number of benzene rings is 8. The third-order valence-corrected chi connectivity index (χ3v) is 31.0. The summed E-state index contributed by atoms with van der Waals surface area (Å²) in [5.74, 6) is 11.4. The van der Waals surface area contributed by atoms with E-state index in [1.807, 2.05) is 116 Å². The van der Waals surface area contributed by atoms with Gasteiger partial charge in [-0.1, -0.05) is 152 Å². The molecule has 0 bridgehead atoms. The van der Waals surface area contributed by atoms with Crippen LogP contribution in [0.2, 0.25) is 0 Å². The molecule has 7 fully saturated rings. The maximum atomic E-state index is 10.7. The van der Waals surface area contributed by atoms with Gasteiger partial charge in [0.25, 0.3) is 0 Å². The van der Waals surface area contributed by atoms with Gasteiger partial charge in [-0.25, -0.2) is 0 Å². The van der Waals surface area contributed by atoms with Gasteiger partial charge in [-0.05, 0) is 339 Å². The number of hydrogen-bond acceptors (Lipinski definition) is 23. The fourth-order valence-electron chi connectivity index (χ4n) is 20.3. The molecular formula is C122H166N4O19. The van der Waals surface area contributed by atoms with Crippen molar-refractivity contribution in [2.75, 3.05) is 100.0 Å². The predicted octanol–water partition coefficient (Wildman–Crippen LogP) is 21.9. The largest absolute Gasteiger partial charge is 0.494 e. The summed E-state index contributed by atoms with van der Waals surface area (Å²) in [6.45, 7) is 28.6. The van der Waals surface area contributed by atoms with Crippen LogP contribution in [0.4, 0.5) is 0 Å². The van der Waals surface area contributed by atoms with Crippen LogP contribution < -0.4 is 49.4 Å². The van der Waals surface area contributed by atoms with Crippen molar-refractivity contribution in [2.24, 2.45) is 35.1 Å². The number of nitrogens with two attached hydrogens (primary N) is 2. The van der Waals surface area contributed by atoms with Gasteiger partial charge in [-0.3, -0.25) is 4.90 Å². The standard InChI is InChI=1S/C62H86N2O9.C39H44O7.C13H26N2.C8H10O3/c1-44(63(7)52-23-11-46(12-24-52)38-47-13-25-53(26-14-47)64(8)60(67)43-68-42-59-10-9-36-69-59)35-37-70-55-27-15-48(16-28-55)61(3,4)50-19-31-57(32-20-50)72-40-54(66)41-73-58-33-21-51(22-34-58)62(5,6)49-17-29-56(30-18-49)71-39-45(2)65;1-38(2,29-9-17-34(18-10-29)43-23-36-25-45-36)27-5-13-32(14-6-27)41-21-31(40)22-42-33-15-7-28(8-16-33)39(3,4)30-11-19-35(20-12-30)44-24-37-26-46-37;14-12-5-1-10(2-6-12)9-11-3-7-13(15)8-4-11;1-2-7(10-3-1)4-9-5-8-6-11-8/h9-10,15-22,27-34,36,44-47,52-54,60,65-67H,11-14,23-26,35,37-43H2,1-8H3;5-20,31,36-37,40H,21-26H2,1-4H3;10-13H,1-9,14-15H2;1-3,8H,4-6H2. The first-order valence-corrected chi connectivity index (χ1v) is 53.5. The normalized spacial score (nSPS) is 22.1. The molecule has 8 N–H and O–H groups in total. The molecule has 145 heavy (non-hydrogen) atoms. The van der Waals surface area contributed by atoms with E-state index < -0.39 is 24.5 Å². The Kier molecular flexibility index (Phi) is 41.6. The number of rotatable bonds is 49. The number of ether oxygens (including phenoxy) is 13. The minimum absolute atomic E-state index is 0.113. The van der Waals surface area contributed by atoms with Crippen molar-refractivity contribution in [3.05, 3.63) is 287 Å². The molecule has 788 valence electrons. The average molecular weight is 1990 g/mol. The second-order valence-corrected chi connectivity index (χ2v) is 43.8. The van der Waals surface area contributed by atoms with Crippen LogP contribution in [0, 0.1) is 23.7 Å².